The van der Waals surface area contributed by atoms with Crippen LogP contribution in [0.15, 0.2) is 12.2 Å². The van der Waals surface area contributed by atoms with Crippen molar-refractivity contribution in [3.63, 3.8) is 0 Å². The quantitative estimate of drug-likeness (QED) is 0.497. The van der Waals surface area contributed by atoms with Crippen LogP contribution < -0.4 is 0 Å². The smallest absolute Gasteiger partial charge is 0.120 e. The van der Waals surface area contributed by atoms with E-state index in [9.17, 15) is 4.79 Å². The second kappa shape index (κ2) is 6.06. The van der Waals surface area contributed by atoms with Gasteiger partial charge in [-0.2, -0.15) is 0 Å². The number of hydrogen-bond acceptors (Lipinski definition) is 2. The highest BCUT2D eigenvalue weighted by molar-refractivity contribution is 5.49. The van der Waals surface area contributed by atoms with Crippen LogP contribution in [0.25, 0.3) is 0 Å². The third-order valence-electron chi connectivity index (χ3n) is 2.91. The Labute approximate surface area is 92.7 Å². The van der Waals surface area contributed by atoms with E-state index in [2.05, 4.69) is 20.4 Å². The molecule has 0 saturated carbocycles. The van der Waals surface area contributed by atoms with Crippen molar-refractivity contribution in [1.82, 2.24) is 0 Å². The molecule has 2 heteroatoms. The lowest BCUT2D eigenvalue weighted by molar-refractivity contribution is -0.108. The molecule has 0 amide bonds. The molecule has 0 aromatic carbocycles. The molecule has 2 nitrogen and oxygen atoms in total. The molecule has 0 aliphatic carbocycles. The lowest BCUT2D eigenvalue weighted by atomic mass is 10.00. The molecular weight excluding hydrogens is 188 g/mol. The molecule has 0 N–H and O–H groups in total. The Balaban J connectivity index is 2.29. The summed E-state index contributed by atoms with van der Waals surface area (Å²) in [6.45, 7) is 8.51. The Morgan fingerprint density at radius 3 is 2.87 bits per heavy atom. The van der Waals surface area contributed by atoms with Gasteiger partial charge in [0.1, 0.15) is 6.29 Å². The van der Waals surface area contributed by atoms with Crippen LogP contribution in [-0.4, -0.2) is 18.5 Å². The van der Waals surface area contributed by atoms with Crippen LogP contribution in [0.1, 0.15) is 46.0 Å². The average molecular weight is 210 g/mol. The first-order valence-electron chi connectivity index (χ1n) is 5.90. The minimum atomic E-state index is 0.236. The number of rotatable bonds is 6. The van der Waals surface area contributed by atoms with Crippen LogP contribution in [0.3, 0.4) is 0 Å². The third kappa shape index (κ3) is 4.17. The van der Waals surface area contributed by atoms with Crippen LogP contribution in [0, 0.1) is 5.92 Å². The van der Waals surface area contributed by atoms with Crippen molar-refractivity contribution < 1.29 is 9.53 Å². The Bertz CT molecular complexity index is 221. The van der Waals surface area contributed by atoms with Crippen molar-refractivity contribution in [2.75, 3.05) is 0 Å². The van der Waals surface area contributed by atoms with Gasteiger partial charge in [-0.1, -0.05) is 20.4 Å². The summed E-state index contributed by atoms with van der Waals surface area (Å²) in [5.74, 6) is 0.718. The first-order chi connectivity index (χ1) is 7.13. The first kappa shape index (κ1) is 12.4. The summed E-state index contributed by atoms with van der Waals surface area (Å²) in [5.41, 5.74) is 1.21. The van der Waals surface area contributed by atoms with Crippen molar-refractivity contribution in [2.24, 2.45) is 5.92 Å². The molecule has 86 valence electrons. The molecule has 1 aliphatic heterocycles. The second-order valence-corrected chi connectivity index (χ2v) is 4.82. The maximum absolute atomic E-state index is 10.3. The van der Waals surface area contributed by atoms with E-state index in [0.717, 1.165) is 31.5 Å². The zero-order valence-corrected chi connectivity index (χ0v) is 9.87. The fourth-order valence-electron chi connectivity index (χ4n) is 1.98. The van der Waals surface area contributed by atoms with Gasteiger partial charge in [0.2, 0.25) is 0 Å². The molecular formula is C13H22O2. The Morgan fingerprint density at radius 1 is 1.53 bits per heavy atom. The van der Waals surface area contributed by atoms with Crippen LogP contribution in [-0.2, 0) is 9.53 Å². The average Bonchev–Trinajstić information content (AvgIpc) is 2.53. The number of aldehydes is 1. The zero-order valence-electron chi connectivity index (χ0n) is 9.87. The van der Waals surface area contributed by atoms with Gasteiger partial charge in [0.05, 0.1) is 12.2 Å². The standard InChI is InChI=1S/C13H22O2/c1-10(2)6-7-13-11(3)9-12(15-13)5-4-8-14/h8,10,12-13H,3-7,9H2,1-2H3/t12?,13-/m0/s1. The highest BCUT2D eigenvalue weighted by Gasteiger charge is 2.27. The Kier molecular flexibility index (Phi) is 5.03. The number of ether oxygens (including phenoxy) is 1. The van der Waals surface area contributed by atoms with Gasteiger partial charge in [-0.15, -0.1) is 0 Å². The van der Waals surface area contributed by atoms with Crippen molar-refractivity contribution in [2.45, 2.75) is 58.2 Å². The lowest BCUT2D eigenvalue weighted by Gasteiger charge is -2.14. The summed E-state index contributed by atoms with van der Waals surface area (Å²) in [4.78, 5) is 10.3. The van der Waals surface area contributed by atoms with Crippen LogP contribution in [0.5, 0.6) is 0 Å². The summed E-state index contributed by atoms with van der Waals surface area (Å²) in [7, 11) is 0. The van der Waals surface area contributed by atoms with E-state index in [4.69, 9.17) is 4.74 Å². The van der Waals surface area contributed by atoms with Gasteiger partial charge in [-0.3, -0.25) is 0 Å². The molecule has 2 atom stereocenters. The maximum atomic E-state index is 10.3. The Morgan fingerprint density at radius 2 is 2.27 bits per heavy atom. The monoisotopic (exact) mass is 210 g/mol. The van der Waals surface area contributed by atoms with Gasteiger partial charge in [0, 0.05) is 6.42 Å². The van der Waals surface area contributed by atoms with Gasteiger partial charge in [0.25, 0.3) is 0 Å². The molecule has 0 aromatic heterocycles. The van der Waals surface area contributed by atoms with E-state index >= 15 is 0 Å². The topological polar surface area (TPSA) is 26.3 Å². The number of hydrogen-bond donors (Lipinski definition) is 0. The van der Waals surface area contributed by atoms with Gasteiger partial charge >= 0.3 is 0 Å². The summed E-state index contributed by atoms with van der Waals surface area (Å²) < 4.78 is 5.87. The van der Waals surface area contributed by atoms with Crippen LogP contribution >= 0.6 is 0 Å². The van der Waals surface area contributed by atoms with Crippen LogP contribution in [0.2, 0.25) is 0 Å². The second-order valence-electron chi connectivity index (χ2n) is 4.82. The Hall–Kier alpha value is -0.630. The molecule has 1 saturated heterocycles. The van der Waals surface area contributed by atoms with E-state index in [1.165, 1.54) is 12.0 Å². The fraction of sp³-hybridized carbons (Fsp3) is 0.769. The van der Waals surface area contributed by atoms with Gasteiger partial charge in [-0.05, 0) is 37.2 Å². The summed E-state index contributed by atoms with van der Waals surface area (Å²) >= 11 is 0. The van der Waals surface area contributed by atoms with Crippen molar-refractivity contribution >= 4 is 6.29 Å². The van der Waals surface area contributed by atoms with Gasteiger partial charge in [0.15, 0.2) is 0 Å². The molecule has 1 aliphatic rings. The summed E-state index contributed by atoms with van der Waals surface area (Å²) in [6, 6.07) is 0. The normalized spacial score (nSPS) is 26.2. The molecule has 1 heterocycles. The van der Waals surface area contributed by atoms with E-state index in [0.29, 0.717) is 6.42 Å². The third-order valence-corrected chi connectivity index (χ3v) is 2.91. The summed E-state index contributed by atoms with van der Waals surface area (Å²) in [6.07, 6.45) is 6.10. The minimum Gasteiger partial charge on any atom is -0.370 e. The van der Waals surface area contributed by atoms with Crippen molar-refractivity contribution in [3.05, 3.63) is 12.2 Å². The van der Waals surface area contributed by atoms with E-state index in [1.54, 1.807) is 0 Å². The largest absolute Gasteiger partial charge is 0.370 e. The van der Waals surface area contributed by atoms with Crippen molar-refractivity contribution in [1.29, 1.82) is 0 Å². The van der Waals surface area contributed by atoms with Gasteiger partial charge < -0.3 is 9.53 Å². The van der Waals surface area contributed by atoms with E-state index < -0.39 is 0 Å². The predicted octanol–water partition coefficient (Wildman–Crippen LogP) is 3.12. The molecule has 0 bridgehead atoms. The minimum absolute atomic E-state index is 0.236. The molecule has 0 radical (unpaired) electrons. The fourth-order valence-corrected chi connectivity index (χ4v) is 1.98. The first-order valence-corrected chi connectivity index (χ1v) is 5.90. The number of carbonyl (C=O) groups excluding carboxylic acids is 1. The van der Waals surface area contributed by atoms with E-state index in [1.807, 2.05) is 0 Å². The molecule has 0 aromatic rings. The van der Waals surface area contributed by atoms with E-state index in [-0.39, 0.29) is 12.2 Å². The zero-order chi connectivity index (χ0) is 11.3. The molecule has 1 rings (SSSR count). The highest BCUT2D eigenvalue weighted by atomic mass is 16.5. The predicted molar refractivity (Wildman–Crippen MR) is 61.8 cm³/mol. The molecule has 1 unspecified atom stereocenters. The van der Waals surface area contributed by atoms with Gasteiger partial charge in [-0.25, -0.2) is 0 Å². The molecule has 15 heavy (non-hydrogen) atoms. The van der Waals surface area contributed by atoms with Crippen molar-refractivity contribution in [3.8, 4) is 0 Å². The molecule has 0 spiro atoms. The highest BCUT2D eigenvalue weighted by Crippen LogP contribution is 2.30. The molecule has 1 fully saturated rings. The maximum Gasteiger partial charge on any atom is 0.120 e. The lowest BCUT2D eigenvalue weighted by Crippen LogP contribution is -2.12. The number of carbonyl (C=O) groups is 1. The summed E-state index contributed by atoms with van der Waals surface area (Å²) in [5, 5.41) is 0. The SMILES string of the molecule is C=C1CC(CCC=O)O[C@H]1CCC(C)C. The van der Waals surface area contributed by atoms with Crippen LogP contribution in [0.4, 0.5) is 0 Å².